The summed E-state index contributed by atoms with van der Waals surface area (Å²) in [6.45, 7) is 3.78. The summed E-state index contributed by atoms with van der Waals surface area (Å²) < 4.78 is 40.0. The van der Waals surface area contributed by atoms with Gasteiger partial charge in [-0.15, -0.1) is 25.6 Å². The molecule has 0 bridgehead atoms. The largest absolute Gasteiger partial charge is 0.573 e. The Morgan fingerprint density at radius 3 is 2.42 bits per heavy atom. The van der Waals surface area contributed by atoms with E-state index in [4.69, 9.17) is 5.73 Å². The molecule has 19 heavy (non-hydrogen) atoms. The third kappa shape index (κ3) is 5.16. The predicted octanol–water partition coefficient (Wildman–Crippen LogP) is 3.76. The second-order valence-corrected chi connectivity index (χ2v) is 4.18. The predicted molar refractivity (Wildman–Crippen MR) is 68.4 cm³/mol. The first-order chi connectivity index (χ1) is 8.24. The van der Waals surface area contributed by atoms with Gasteiger partial charge in [-0.25, -0.2) is 0 Å². The van der Waals surface area contributed by atoms with E-state index in [1.807, 2.05) is 13.8 Å². The topological polar surface area (TPSA) is 55.5 Å². The zero-order valence-corrected chi connectivity index (χ0v) is 11.4. The molecule has 0 spiro atoms. The summed E-state index contributed by atoms with van der Waals surface area (Å²) in [5.41, 5.74) is 6.14. The molecule has 0 saturated carbocycles. The van der Waals surface area contributed by atoms with Gasteiger partial charge >= 0.3 is 6.36 Å². The van der Waals surface area contributed by atoms with Crippen LogP contribution in [0, 0.1) is 5.92 Å². The number of hydrogen-bond donors (Lipinski definition) is 2. The minimum atomic E-state index is -4.76. The zero-order valence-electron chi connectivity index (χ0n) is 10.6. The van der Waals surface area contributed by atoms with Crippen LogP contribution in [0.5, 0.6) is 11.5 Å². The van der Waals surface area contributed by atoms with Crippen molar-refractivity contribution in [1.29, 1.82) is 0 Å². The van der Waals surface area contributed by atoms with Gasteiger partial charge in [-0.2, -0.15) is 0 Å². The highest BCUT2D eigenvalue weighted by molar-refractivity contribution is 5.85. The van der Waals surface area contributed by atoms with Crippen molar-refractivity contribution < 1.29 is 23.0 Å². The highest BCUT2D eigenvalue weighted by Gasteiger charge is 2.31. The number of phenolic OH excluding ortho intramolecular Hbond substituents is 1. The van der Waals surface area contributed by atoms with Gasteiger partial charge in [0.05, 0.1) is 0 Å². The molecule has 7 heteroatoms. The molecule has 0 fully saturated rings. The number of alkyl halides is 3. The Morgan fingerprint density at radius 2 is 1.95 bits per heavy atom. The number of aromatic hydroxyl groups is 1. The van der Waals surface area contributed by atoms with Crippen LogP contribution in [0.3, 0.4) is 0 Å². The number of halogens is 4. The summed E-state index contributed by atoms with van der Waals surface area (Å²) >= 11 is 0. The minimum Gasteiger partial charge on any atom is -0.508 e. The van der Waals surface area contributed by atoms with Crippen LogP contribution in [-0.2, 0) is 0 Å². The molecule has 0 radical (unpaired) electrons. The molecule has 0 saturated heterocycles. The van der Waals surface area contributed by atoms with Crippen molar-refractivity contribution in [3.8, 4) is 11.5 Å². The lowest BCUT2D eigenvalue weighted by Crippen LogP contribution is -2.20. The molecule has 1 aromatic rings. The first kappa shape index (κ1) is 17.9. The number of nitrogens with two attached hydrogens (primary N) is 1. The van der Waals surface area contributed by atoms with E-state index >= 15 is 0 Å². The highest BCUT2D eigenvalue weighted by atomic mass is 35.5. The van der Waals surface area contributed by atoms with Crippen molar-refractivity contribution >= 4 is 12.4 Å². The monoisotopic (exact) mass is 299 g/mol. The van der Waals surface area contributed by atoms with E-state index in [0.29, 0.717) is 0 Å². The lowest BCUT2D eigenvalue weighted by Gasteiger charge is -2.20. The molecule has 0 aliphatic rings. The quantitative estimate of drug-likeness (QED) is 0.890. The number of ether oxygens (including phenoxy) is 1. The smallest absolute Gasteiger partial charge is 0.508 e. The molecular weight excluding hydrogens is 283 g/mol. The van der Waals surface area contributed by atoms with Crippen LogP contribution in [0.15, 0.2) is 18.2 Å². The summed E-state index contributed by atoms with van der Waals surface area (Å²) in [5.74, 6) is -0.469. The van der Waals surface area contributed by atoms with E-state index < -0.39 is 12.4 Å². The third-order valence-corrected chi connectivity index (χ3v) is 2.85. The molecular formula is C12H17ClF3NO2. The molecule has 110 valence electrons. The maximum Gasteiger partial charge on any atom is 0.573 e. The Kier molecular flexibility index (Phi) is 6.45. The summed E-state index contributed by atoms with van der Waals surface area (Å²) in [7, 11) is 0. The molecule has 0 heterocycles. The Morgan fingerprint density at radius 1 is 1.37 bits per heavy atom. The van der Waals surface area contributed by atoms with Gasteiger partial charge in [0.2, 0.25) is 0 Å². The minimum absolute atomic E-state index is 0. The Bertz CT molecular complexity index is 412. The molecule has 1 rings (SSSR count). The lowest BCUT2D eigenvalue weighted by atomic mass is 9.92. The van der Waals surface area contributed by atoms with Gasteiger partial charge < -0.3 is 15.6 Å². The van der Waals surface area contributed by atoms with Crippen LogP contribution in [0.4, 0.5) is 13.2 Å². The van der Waals surface area contributed by atoms with Crippen LogP contribution in [-0.4, -0.2) is 11.5 Å². The molecule has 1 aromatic carbocycles. The first-order valence-corrected chi connectivity index (χ1v) is 5.58. The van der Waals surface area contributed by atoms with Gasteiger partial charge in [-0.3, -0.25) is 0 Å². The van der Waals surface area contributed by atoms with E-state index in [9.17, 15) is 18.3 Å². The molecule has 3 nitrogen and oxygen atoms in total. The summed E-state index contributed by atoms with van der Waals surface area (Å²) in [5, 5.41) is 9.63. The summed E-state index contributed by atoms with van der Waals surface area (Å²) in [6.07, 6.45) is -4.00. The van der Waals surface area contributed by atoms with Crippen LogP contribution < -0.4 is 10.5 Å². The van der Waals surface area contributed by atoms with Crippen LogP contribution in [0.1, 0.15) is 31.9 Å². The first-order valence-electron chi connectivity index (χ1n) is 5.58. The molecule has 2 atom stereocenters. The fraction of sp³-hybridized carbons (Fsp3) is 0.500. The second kappa shape index (κ2) is 6.86. The van der Waals surface area contributed by atoms with Gasteiger partial charge in [-0.1, -0.05) is 20.3 Å². The molecule has 0 amide bonds. The van der Waals surface area contributed by atoms with Crippen molar-refractivity contribution in [2.75, 3.05) is 0 Å². The molecule has 0 aliphatic heterocycles. The standard InChI is InChI=1S/C12H16F3NO2.ClH/c1-3-7(2)11(16)9-6-8(4-5-10(9)17)18-12(13,14)15;/h4-7,11,17H,3,16H2,1-2H3;1H/t7?,11-;/m1./s1. The number of rotatable bonds is 4. The van der Waals surface area contributed by atoms with Crippen molar-refractivity contribution in [2.45, 2.75) is 32.7 Å². The Hall–Kier alpha value is -1.14. The Balaban J connectivity index is 0.00000324. The Labute approximate surface area is 116 Å². The average Bonchev–Trinajstić information content (AvgIpc) is 2.28. The van der Waals surface area contributed by atoms with E-state index in [1.165, 1.54) is 0 Å². The normalized spacial score (nSPS) is 14.4. The maximum atomic E-state index is 12.1. The number of benzene rings is 1. The zero-order chi connectivity index (χ0) is 13.9. The van der Waals surface area contributed by atoms with Crippen molar-refractivity contribution in [3.05, 3.63) is 23.8 Å². The van der Waals surface area contributed by atoms with E-state index in [1.54, 1.807) is 0 Å². The molecule has 0 aromatic heterocycles. The van der Waals surface area contributed by atoms with Crippen molar-refractivity contribution in [2.24, 2.45) is 11.7 Å². The van der Waals surface area contributed by atoms with E-state index in [2.05, 4.69) is 4.74 Å². The third-order valence-electron chi connectivity index (χ3n) is 2.85. The maximum absolute atomic E-state index is 12.1. The van der Waals surface area contributed by atoms with E-state index in [-0.39, 0.29) is 35.4 Å². The summed E-state index contributed by atoms with van der Waals surface area (Å²) in [6, 6.07) is 2.79. The average molecular weight is 300 g/mol. The van der Waals surface area contributed by atoms with E-state index in [0.717, 1.165) is 24.6 Å². The number of phenols is 1. The van der Waals surface area contributed by atoms with Gasteiger partial charge in [-0.05, 0) is 24.1 Å². The second-order valence-electron chi connectivity index (χ2n) is 4.18. The molecule has 1 unspecified atom stereocenters. The SMILES string of the molecule is CCC(C)[C@@H](N)c1cc(OC(F)(F)F)ccc1O.Cl. The van der Waals surface area contributed by atoms with Crippen LogP contribution >= 0.6 is 12.4 Å². The van der Waals surface area contributed by atoms with Crippen LogP contribution in [0.25, 0.3) is 0 Å². The van der Waals surface area contributed by atoms with Gasteiger partial charge in [0.15, 0.2) is 0 Å². The van der Waals surface area contributed by atoms with Gasteiger partial charge in [0.25, 0.3) is 0 Å². The highest BCUT2D eigenvalue weighted by Crippen LogP contribution is 2.33. The van der Waals surface area contributed by atoms with Crippen LogP contribution in [0.2, 0.25) is 0 Å². The van der Waals surface area contributed by atoms with Gasteiger partial charge in [0, 0.05) is 11.6 Å². The summed E-state index contributed by atoms with van der Waals surface area (Å²) in [4.78, 5) is 0. The fourth-order valence-electron chi connectivity index (χ4n) is 1.56. The van der Waals surface area contributed by atoms with Crippen molar-refractivity contribution in [1.82, 2.24) is 0 Å². The molecule has 0 aliphatic carbocycles. The van der Waals surface area contributed by atoms with Crippen molar-refractivity contribution in [3.63, 3.8) is 0 Å². The molecule has 3 N–H and O–H groups in total. The van der Waals surface area contributed by atoms with Gasteiger partial charge in [0.1, 0.15) is 11.5 Å². The lowest BCUT2D eigenvalue weighted by molar-refractivity contribution is -0.274. The fourth-order valence-corrected chi connectivity index (χ4v) is 1.56. The number of hydrogen-bond acceptors (Lipinski definition) is 3.